The van der Waals surface area contributed by atoms with Gasteiger partial charge in [0.1, 0.15) is 0 Å². The second-order valence-electron chi connectivity index (χ2n) is 7.07. The molecular weight excluding hydrogens is 354 g/mol. The topological polar surface area (TPSA) is 99.6 Å². The molecule has 1 aromatic heterocycles. The minimum Gasteiger partial charge on any atom is -0.390 e. The number of β-amino-alcohol motifs (C(OH)–C–C–N with tert-alkyl or cyclic N) is 1. The molecule has 0 spiro atoms. The summed E-state index contributed by atoms with van der Waals surface area (Å²) in [5.74, 6) is -0.380. The molecular formula is C18H28N3O4S. The van der Waals surface area contributed by atoms with Crippen molar-refractivity contribution in [2.45, 2.75) is 57.2 Å². The largest absolute Gasteiger partial charge is 0.390 e. The maximum Gasteiger partial charge on any atom is 0.284 e. The van der Waals surface area contributed by atoms with Gasteiger partial charge in [-0.05, 0) is 50.8 Å². The van der Waals surface area contributed by atoms with Crippen LogP contribution in [0.3, 0.4) is 0 Å². The number of aliphatic hydroxyl groups is 1. The lowest BCUT2D eigenvalue weighted by atomic mass is 10.0. The van der Waals surface area contributed by atoms with Gasteiger partial charge < -0.3 is 10.4 Å². The second kappa shape index (κ2) is 8.92. The van der Waals surface area contributed by atoms with E-state index < -0.39 is 28.1 Å². The second-order valence-corrected chi connectivity index (χ2v) is 8.83. The van der Waals surface area contributed by atoms with Gasteiger partial charge in [0.05, 0.1) is 18.6 Å². The van der Waals surface area contributed by atoms with Crippen LogP contribution >= 0.6 is 0 Å². The third-order valence-electron chi connectivity index (χ3n) is 4.32. The van der Waals surface area contributed by atoms with Crippen molar-refractivity contribution in [3.05, 3.63) is 30.3 Å². The highest BCUT2D eigenvalue weighted by Crippen LogP contribution is 2.24. The summed E-state index contributed by atoms with van der Waals surface area (Å²) in [6.07, 6.45) is 1.97. The summed E-state index contributed by atoms with van der Waals surface area (Å²) >= 11 is 0. The predicted octanol–water partition coefficient (Wildman–Crippen LogP) is 1.27. The zero-order valence-corrected chi connectivity index (χ0v) is 16.4. The number of nitrogens with one attached hydrogen (secondary N) is 1. The van der Waals surface area contributed by atoms with Gasteiger partial charge in [-0.3, -0.25) is 4.79 Å². The number of aliphatic hydroxyl groups excluding tert-OH is 1. The van der Waals surface area contributed by atoms with E-state index in [0.29, 0.717) is 31.5 Å². The van der Waals surface area contributed by atoms with Gasteiger partial charge in [-0.2, -0.15) is 8.42 Å². The Morgan fingerprint density at radius 3 is 2.85 bits per heavy atom. The molecule has 1 aromatic rings. The van der Waals surface area contributed by atoms with Gasteiger partial charge >= 0.3 is 0 Å². The summed E-state index contributed by atoms with van der Waals surface area (Å²) in [5, 5.41) is 13.3. The molecule has 145 valence electrons. The lowest BCUT2D eigenvalue weighted by Gasteiger charge is -2.33. The Hall–Kier alpha value is -1.51. The molecule has 2 N–H and O–H groups in total. The number of pyridine rings is 1. The number of hydrogen-bond donors (Lipinski definition) is 2. The lowest BCUT2D eigenvalue weighted by Crippen LogP contribution is -2.51. The molecule has 26 heavy (non-hydrogen) atoms. The Bertz CT molecular complexity index is 721. The fraction of sp³-hybridized carbons (Fsp3) is 0.611. The molecule has 2 rings (SSSR count). The van der Waals surface area contributed by atoms with Gasteiger partial charge in [0.2, 0.25) is 5.91 Å². The summed E-state index contributed by atoms with van der Waals surface area (Å²) in [6.45, 7) is 6.52. The van der Waals surface area contributed by atoms with E-state index >= 15 is 0 Å². The van der Waals surface area contributed by atoms with Crippen molar-refractivity contribution in [2.24, 2.45) is 5.92 Å². The predicted molar refractivity (Wildman–Crippen MR) is 98.7 cm³/mol. The Labute approximate surface area is 155 Å². The van der Waals surface area contributed by atoms with Crippen LogP contribution in [-0.4, -0.2) is 54.0 Å². The first-order valence-corrected chi connectivity index (χ1v) is 10.4. The van der Waals surface area contributed by atoms with Gasteiger partial charge in [-0.1, -0.05) is 19.9 Å². The van der Waals surface area contributed by atoms with Crippen LogP contribution in [0.1, 0.15) is 38.8 Å². The number of sulfonamides is 1. The van der Waals surface area contributed by atoms with Crippen LogP contribution in [0.5, 0.6) is 0 Å². The van der Waals surface area contributed by atoms with Crippen LogP contribution in [0.4, 0.5) is 0 Å². The van der Waals surface area contributed by atoms with Crippen molar-refractivity contribution in [3.8, 4) is 0 Å². The molecule has 1 radical (unpaired) electrons. The van der Waals surface area contributed by atoms with Crippen LogP contribution in [0.2, 0.25) is 0 Å². The fourth-order valence-electron chi connectivity index (χ4n) is 2.94. The van der Waals surface area contributed by atoms with Crippen LogP contribution in [0.15, 0.2) is 23.2 Å². The first-order chi connectivity index (χ1) is 12.2. The molecule has 1 fully saturated rings. The third kappa shape index (κ3) is 5.02. The summed E-state index contributed by atoms with van der Waals surface area (Å²) in [6, 6.07) is 3.86. The van der Waals surface area contributed by atoms with E-state index in [-0.39, 0.29) is 17.5 Å². The minimum absolute atomic E-state index is 0.173. The van der Waals surface area contributed by atoms with Crippen molar-refractivity contribution in [3.63, 3.8) is 0 Å². The van der Waals surface area contributed by atoms with Gasteiger partial charge in [0, 0.05) is 12.2 Å². The molecule has 8 heteroatoms. The average molecular weight is 383 g/mol. The first kappa shape index (κ1) is 20.8. The highest BCUT2D eigenvalue weighted by molar-refractivity contribution is 7.89. The van der Waals surface area contributed by atoms with E-state index in [9.17, 15) is 18.3 Å². The summed E-state index contributed by atoms with van der Waals surface area (Å²) in [5.41, 5.74) is 0.549. The van der Waals surface area contributed by atoms with E-state index in [1.807, 2.05) is 13.8 Å². The van der Waals surface area contributed by atoms with Crippen LogP contribution in [0, 0.1) is 19.3 Å². The van der Waals surface area contributed by atoms with Gasteiger partial charge in [-0.15, -0.1) is 0 Å². The number of aryl methyl sites for hydroxylation is 1. The molecule has 1 amide bonds. The third-order valence-corrected chi connectivity index (χ3v) is 6.04. The monoisotopic (exact) mass is 382 g/mol. The molecule has 1 saturated heterocycles. The van der Waals surface area contributed by atoms with E-state index in [0.717, 1.165) is 4.31 Å². The van der Waals surface area contributed by atoms with Crippen molar-refractivity contribution in [1.82, 2.24) is 14.6 Å². The molecule has 0 aromatic carbocycles. The molecule has 7 nitrogen and oxygen atoms in total. The zero-order valence-electron chi connectivity index (χ0n) is 15.6. The molecule has 2 atom stereocenters. The Morgan fingerprint density at radius 1 is 1.46 bits per heavy atom. The Kier molecular flexibility index (Phi) is 7.14. The van der Waals surface area contributed by atoms with E-state index in [4.69, 9.17) is 0 Å². The van der Waals surface area contributed by atoms with E-state index in [1.165, 1.54) is 12.5 Å². The molecule has 1 aliphatic rings. The van der Waals surface area contributed by atoms with E-state index in [1.54, 1.807) is 19.1 Å². The molecule has 1 unspecified atom stereocenters. The van der Waals surface area contributed by atoms with Crippen molar-refractivity contribution in [1.29, 1.82) is 0 Å². The molecule has 0 bridgehead atoms. The van der Waals surface area contributed by atoms with Crippen molar-refractivity contribution >= 4 is 15.9 Å². The minimum atomic E-state index is -4.17. The number of amides is 1. The van der Waals surface area contributed by atoms with Crippen LogP contribution < -0.4 is 5.32 Å². The first-order valence-electron chi connectivity index (χ1n) is 8.97. The average Bonchev–Trinajstić information content (AvgIpc) is 2.78. The molecule has 0 saturated carbocycles. The summed E-state index contributed by atoms with van der Waals surface area (Å²) < 4.78 is 27.3. The van der Waals surface area contributed by atoms with Crippen molar-refractivity contribution < 1.29 is 18.3 Å². The standard InChI is InChI=1S/C18H28N3O4S/c1-13(2)9-10-18(23)21(15-7-5-11-19-12-16(15)22)26(24,25)17-8-4-6-14(3)20-17/h4,6,8,10,13,15-16,19,22H,5,7,9,11-12H2,1-3H3/t15?,16-/m0/s1. The van der Waals surface area contributed by atoms with Gasteiger partial charge in [-0.25, -0.2) is 9.29 Å². The van der Waals surface area contributed by atoms with E-state index in [2.05, 4.69) is 10.3 Å². The van der Waals surface area contributed by atoms with Gasteiger partial charge in [0.15, 0.2) is 5.03 Å². The normalized spacial score (nSPS) is 21.4. The van der Waals surface area contributed by atoms with Crippen LogP contribution in [0.25, 0.3) is 0 Å². The highest BCUT2D eigenvalue weighted by Gasteiger charge is 2.40. The SMILES string of the molecule is Cc1cccc(S(=O)(=O)N(C(=O)[CH]CC(C)C)C2CCCNC[C@@H]2O)n1. The number of carbonyl (C=O) groups excluding carboxylic acids is 1. The smallest absolute Gasteiger partial charge is 0.284 e. The van der Waals surface area contributed by atoms with Crippen molar-refractivity contribution in [2.75, 3.05) is 13.1 Å². The Balaban J connectivity index is 2.43. The maximum atomic E-state index is 13.2. The Morgan fingerprint density at radius 2 is 2.19 bits per heavy atom. The number of hydrogen-bond acceptors (Lipinski definition) is 6. The number of carbonyl (C=O) groups is 1. The quantitative estimate of drug-likeness (QED) is 0.769. The fourth-order valence-corrected chi connectivity index (χ4v) is 4.56. The maximum absolute atomic E-state index is 13.2. The number of rotatable bonds is 6. The zero-order chi connectivity index (χ0) is 19.3. The molecule has 2 heterocycles. The lowest BCUT2D eigenvalue weighted by molar-refractivity contribution is -0.126. The molecule has 0 aliphatic carbocycles. The van der Waals surface area contributed by atoms with Gasteiger partial charge in [0.25, 0.3) is 10.0 Å². The molecule has 1 aliphatic heterocycles. The summed E-state index contributed by atoms with van der Waals surface area (Å²) in [7, 11) is -4.17. The number of aromatic nitrogens is 1. The van der Waals surface area contributed by atoms with Crippen LogP contribution in [-0.2, 0) is 14.8 Å². The highest BCUT2D eigenvalue weighted by atomic mass is 32.2. The number of nitrogens with zero attached hydrogens (tertiary/aromatic N) is 2. The summed E-state index contributed by atoms with van der Waals surface area (Å²) in [4.78, 5) is 16.9.